The highest BCUT2D eigenvalue weighted by molar-refractivity contribution is 6.01. The van der Waals surface area contributed by atoms with E-state index in [0.29, 0.717) is 0 Å². The predicted molar refractivity (Wildman–Crippen MR) is 141 cm³/mol. The molecule has 0 aromatic rings. The van der Waals surface area contributed by atoms with Gasteiger partial charge in [0.05, 0.1) is 12.7 Å². The fourth-order valence-corrected chi connectivity index (χ4v) is 9.44. The maximum absolute atomic E-state index is 17.5. The van der Waals surface area contributed by atoms with Gasteiger partial charge in [-0.2, -0.15) is 0 Å². The summed E-state index contributed by atoms with van der Waals surface area (Å²) in [4.78, 5) is 38.8. The Morgan fingerprint density at radius 2 is 1.68 bits per heavy atom. The van der Waals surface area contributed by atoms with Crippen LogP contribution < -0.4 is 0 Å². The highest BCUT2D eigenvalue weighted by Crippen LogP contribution is 2.72. The number of ketones is 1. The number of halogens is 3. The highest BCUT2D eigenvalue weighted by atomic mass is 19.1. The Hall–Kier alpha value is -2.36. The van der Waals surface area contributed by atoms with E-state index in [0.717, 1.165) is 6.08 Å². The Morgan fingerprint density at radius 3 is 2.27 bits per heavy atom. The molecule has 0 aromatic heterocycles. The zero-order valence-corrected chi connectivity index (χ0v) is 24.8. The molecule has 1 unspecified atom stereocenters. The van der Waals surface area contributed by atoms with Gasteiger partial charge in [0, 0.05) is 28.6 Å². The number of hydrogen-bond donors (Lipinski definition) is 1. The van der Waals surface area contributed by atoms with Crippen molar-refractivity contribution < 1.29 is 46.9 Å². The SMILES string of the molecule is C[C@@H]1C[C@H]2[C@@H]3C[C@H](F)C4=CC(=O)C=C[C@]4(C)C3(F)[C@@H](O)C[C@]2(C)[C@]1(OC(=O)OCC1C(C)(C)C1(C)C)C(=O)OCF. The Kier molecular flexibility index (Phi) is 6.66. The van der Waals surface area contributed by atoms with E-state index < -0.39 is 76.9 Å². The van der Waals surface area contributed by atoms with Crippen LogP contribution in [0.2, 0.25) is 0 Å². The molecule has 5 rings (SSSR count). The summed E-state index contributed by atoms with van der Waals surface area (Å²) in [5.74, 6) is -4.21. The first-order valence-corrected chi connectivity index (χ1v) is 14.4. The molecule has 228 valence electrons. The van der Waals surface area contributed by atoms with E-state index in [9.17, 15) is 23.9 Å². The lowest BCUT2D eigenvalue weighted by Crippen LogP contribution is -2.71. The van der Waals surface area contributed by atoms with Gasteiger partial charge in [-0.15, -0.1) is 0 Å². The van der Waals surface area contributed by atoms with Crippen molar-refractivity contribution in [3.05, 3.63) is 23.8 Å². The monoisotopic (exact) mass is 582 g/mol. The summed E-state index contributed by atoms with van der Waals surface area (Å²) >= 11 is 0. The maximum atomic E-state index is 17.5. The van der Waals surface area contributed by atoms with E-state index >= 15 is 8.78 Å². The van der Waals surface area contributed by atoms with Gasteiger partial charge >= 0.3 is 12.1 Å². The van der Waals surface area contributed by atoms with Crippen molar-refractivity contribution in [2.45, 2.75) is 91.3 Å². The number of ether oxygens (including phenoxy) is 3. The number of aliphatic hydroxyl groups excluding tert-OH is 1. The molecular formula is C31H41F3O7. The number of fused-ring (bicyclic) bond motifs is 5. The summed E-state index contributed by atoms with van der Waals surface area (Å²) in [6.45, 7) is 11.5. The van der Waals surface area contributed by atoms with Crippen LogP contribution in [-0.4, -0.2) is 60.0 Å². The van der Waals surface area contributed by atoms with E-state index in [4.69, 9.17) is 14.2 Å². The largest absolute Gasteiger partial charge is 0.509 e. The molecule has 41 heavy (non-hydrogen) atoms. The van der Waals surface area contributed by atoms with Crippen LogP contribution in [-0.2, 0) is 23.8 Å². The van der Waals surface area contributed by atoms with E-state index in [1.54, 1.807) is 13.8 Å². The molecule has 0 bridgehead atoms. The first-order chi connectivity index (χ1) is 18.9. The summed E-state index contributed by atoms with van der Waals surface area (Å²) in [6.07, 6.45) is -1.50. The zero-order valence-electron chi connectivity index (χ0n) is 24.8. The van der Waals surface area contributed by atoms with Gasteiger partial charge in [0.15, 0.2) is 11.5 Å². The Balaban J connectivity index is 1.51. The van der Waals surface area contributed by atoms with Crippen LogP contribution in [0.25, 0.3) is 0 Å². The standard InChI is InChI=1S/C31H41F3O7/c1-16-10-18-19-12-21(33)20-11-17(35)8-9-28(20,6)30(19,34)23(36)13-29(18,7)31(16,24(37)40-15-32)41-25(38)39-14-22-26(2,3)27(22,4)5/h8-9,11,16,18-19,21-23,36H,10,12-15H2,1-7H3/t16-,18+,19+,21+,23+,28+,29+,30?,31-/m1/s1. The number of carbonyl (C=O) groups excluding carboxylic acids is 3. The summed E-state index contributed by atoms with van der Waals surface area (Å²) < 4.78 is 62.8. The van der Waals surface area contributed by atoms with Crippen LogP contribution in [0.1, 0.15) is 67.7 Å². The number of aliphatic hydroxyl groups is 1. The lowest BCUT2D eigenvalue weighted by molar-refractivity contribution is -0.235. The van der Waals surface area contributed by atoms with Crippen LogP contribution in [0.15, 0.2) is 23.8 Å². The van der Waals surface area contributed by atoms with Crippen molar-refractivity contribution in [2.75, 3.05) is 13.5 Å². The smallest absolute Gasteiger partial charge is 0.434 e. The van der Waals surface area contributed by atoms with Crippen molar-refractivity contribution in [1.29, 1.82) is 0 Å². The lowest BCUT2D eigenvalue weighted by atomic mass is 9.44. The van der Waals surface area contributed by atoms with Crippen LogP contribution >= 0.6 is 0 Å². The number of esters is 1. The minimum Gasteiger partial charge on any atom is -0.434 e. The molecule has 0 spiro atoms. The van der Waals surface area contributed by atoms with Gasteiger partial charge in [-0.3, -0.25) is 4.79 Å². The molecule has 10 heteroatoms. The van der Waals surface area contributed by atoms with Gasteiger partial charge < -0.3 is 19.3 Å². The van der Waals surface area contributed by atoms with E-state index in [1.165, 1.54) is 19.1 Å². The van der Waals surface area contributed by atoms with E-state index in [-0.39, 0.29) is 48.2 Å². The minimum atomic E-state index is -2.38. The fraction of sp³-hybridized carbons (Fsp3) is 0.774. The Morgan fingerprint density at radius 1 is 1.05 bits per heavy atom. The van der Waals surface area contributed by atoms with Crippen LogP contribution in [0, 0.1) is 45.3 Å². The molecule has 5 aliphatic rings. The molecule has 0 radical (unpaired) electrons. The second-order valence-electron chi connectivity index (χ2n) is 14.4. The van der Waals surface area contributed by atoms with Crippen molar-refractivity contribution in [2.24, 2.45) is 45.3 Å². The van der Waals surface area contributed by atoms with Gasteiger partial charge in [-0.1, -0.05) is 47.6 Å². The number of carbonyl (C=O) groups is 3. The summed E-state index contributed by atoms with van der Waals surface area (Å²) in [6, 6.07) is 0. The number of hydrogen-bond acceptors (Lipinski definition) is 7. The molecule has 0 amide bonds. The Labute approximate surface area is 238 Å². The highest BCUT2D eigenvalue weighted by Gasteiger charge is 2.79. The van der Waals surface area contributed by atoms with Gasteiger partial charge in [-0.25, -0.2) is 22.8 Å². The van der Waals surface area contributed by atoms with Crippen LogP contribution in [0.5, 0.6) is 0 Å². The maximum Gasteiger partial charge on any atom is 0.509 e. The molecule has 0 saturated heterocycles. The van der Waals surface area contributed by atoms with Crippen LogP contribution in [0.3, 0.4) is 0 Å². The first-order valence-electron chi connectivity index (χ1n) is 14.4. The van der Waals surface area contributed by atoms with Crippen LogP contribution in [0.4, 0.5) is 18.0 Å². The van der Waals surface area contributed by atoms with Gasteiger partial charge in [0.25, 0.3) is 0 Å². The molecular weight excluding hydrogens is 541 g/mol. The molecule has 4 saturated carbocycles. The van der Waals surface area contributed by atoms with Gasteiger partial charge in [-0.05, 0) is 60.7 Å². The summed E-state index contributed by atoms with van der Waals surface area (Å²) in [5, 5.41) is 11.6. The quantitative estimate of drug-likeness (QED) is 0.422. The average Bonchev–Trinajstić information content (AvgIpc) is 3.15. The van der Waals surface area contributed by atoms with Crippen molar-refractivity contribution >= 4 is 17.9 Å². The van der Waals surface area contributed by atoms with Gasteiger partial charge in [0.2, 0.25) is 12.5 Å². The van der Waals surface area contributed by atoms with E-state index in [2.05, 4.69) is 27.7 Å². The lowest BCUT2D eigenvalue weighted by Gasteiger charge is -2.62. The fourth-order valence-electron chi connectivity index (χ4n) is 9.44. The third-order valence-electron chi connectivity index (χ3n) is 12.6. The summed E-state index contributed by atoms with van der Waals surface area (Å²) in [7, 11) is 0. The Bertz CT molecular complexity index is 1210. The third kappa shape index (κ3) is 3.64. The molecule has 1 N–H and O–H groups in total. The summed E-state index contributed by atoms with van der Waals surface area (Å²) in [5.41, 5.74) is -7.74. The van der Waals surface area contributed by atoms with Crippen molar-refractivity contribution in [3.63, 3.8) is 0 Å². The van der Waals surface area contributed by atoms with E-state index in [1.807, 2.05) is 0 Å². The first kappa shape index (κ1) is 30.1. The number of rotatable bonds is 5. The second kappa shape index (κ2) is 9.07. The molecule has 7 nitrogen and oxygen atoms in total. The molecule has 0 heterocycles. The average molecular weight is 583 g/mol. The normalized spacial score (nSPS) is 45.6. The molecule has 0 aromatic carbocycles. The second-order valence-corrected chi connectivity index (χ2v) is 14.4. The molecule has 4 fully saturated rings. The minimum absolute atomic E-state index is 0.0219. The van der Waals surface area contributed by atoms with Crippen molar-refractivity contribution in [3.8, 4) is 0 Å². The molecule has 5 aliphatic carbocycles. The third-order valence-corrected chi connectivity index (χ3v) is 12.6. The predicted octanol–water partition coefficient (Wildman–Crippen LogP) is 5.60. The zero-order chi connectivity index (χ0) is 30.6. The molecule has 9 atom stereocenters. The van der Waals surface area contributed by atoms with Crippen molar-refractivity contribution in [1.82, 2.24) is 0 Å². The number of allylic oxidation sites excluding steroid dienone is 4. The van der Waals surface area contributed by atoms with Gasteiger partial charge in [0.1, 0.15) is 6.17 Å². The number of alkyl halides is 3. The molecule has 0 aliphatic heterocycles. The topological polar surface area (TPSA) is 99.1 Å².